The van der Waals surface area contributed by atoms with Gasteiger partial charge in [-0.05, 0) is 59.3 Å². The Morgan fingerprint density at radius 1 is 1.40 bits per heavy atom. The van der Waals surface area contributed by atoms with Gasteiger partial charge in [0.2, 0.25) is 0 Å². The molecular weight excluding hydrogens is 318 g/mol. The first-order valence-electron chi connectivity index (χ1n) is 7.19. The topological polar surface area (TPSA) is 29.5 Å². The minimum atomic E-state index is 0.106. The van der Waals surface area contributed by atoms with Crippen molar-refractivity contribution in [2.45, 2.75) is 39.2 Å². The van der Waals surface area contributed by atoms with Gasteiger partial charge in [-0.15, -0.1) is 0 Å². The summed E-state index contributed by atoms with van der Waals surface area (Å²) in [5.41, 5.74) is 0.692. The van der Waals surface area contributed by atoms with Crippen molar-refractivity contribution in [2.24, 2.45) is 5.92 Å². The number of carbonyl (C=O) groups excluding carboxylic acids is 1. The van der Waals surface area contributed by atoms with Crippen molar-refractivity contribution < 1.29 is 9.53 Å². The number of benzene rings is 1. The number of nitrogens with zero attached hydrogens (tertiary/aromatic N) is 1. The van der Waals surface area contributed by atoms with Crippen molar-refractivity contribution in [2.75, 3.05) is 13.7 Å². The molecule has 0 radical (unpaired) electrons. The Morgan fingerprint density at radius 3 is 2.80 bits per heavy atom. The van der Waals surface area contributed by atoms with Crippen molar-refractivity contribution in [3.63, 3.8) is 0 Å². The van der Waals surface area contributed by atoms with Crippen LogP contribution in [0.1, 0.15) is 43.5 Å². The van der Waals surface area contributed by atoms with Crippen LogP contribution in [0.25, 0.3) is 0 Å². The minimum Gasteiger partial charge on any atom is -0.497 e. The summed E-state index contributed by atoms with van der Waals surface area (Å²) < 4.78 is 6.06. The summed E-state index contributed by atoms with van der Waals surface area (Å²) >= 11 is 3.48. The molecule has 110 valence electrons. The number of hydrogen-bond acceptors (Lipinski definition) is 2. The summed E-state index contributed by atoms with van der Waals surface area (Å²) in [6.07, 6.45) is 3.41. The Balaban J connectivity index is 2.29. The number of piperidine rings is 1. The van der Waals surface area contributed by atoms with Gasteiger partial charge in [-0.2, -0.15) is 0 Å². The van der Waals surface area contributed by atoms with E-state index in [0.29, 0.717) is 17.5 Å². The number of rotatable bonds is 3. The molecule has 0 spiro atoms. The summed E-state index contributed by atoms with van der Waals surface area (Å²) in [4.78, 5) is 14.9. The number of hydrogen-bond donors (Lipinski definition) is 0. The molecule has 1 atom stereocenters. The minimum absolute atomic E-state index is 0.106. The molecule has 3 nitrogen and oxygen atoms in total. The van der Waals surface area contributed by atoms with E-state index in [1.807, 2.05) is 23.1 Å². The lowest BCUT2D eigenvalue weighted by atomic mass is 9.92. The fraction of sp³-hybridized carbons (Fsp3) is 0.562. The molecule has 1 amide bonds. The largest absolute Gasteiger partial charge is 0.497 e. The number of amides is 1. The van der Waals surface area contributed by atoms with Crippen LogP contribution < -0.4 is 4.74 Å². The SMILES string of the molecule is COc1ccc(Br)c(C(=O)N2CCCCC2C(C)C)c1. The summed E-state index contributed by atoms with van der Waals surface area (Å²) in [6.45, 7) is 5.24. The molecule has 0 saturated carbocycles. The molecule has 1 fully saturated rings. The van der Waals surface area contributed by atoms with Gasteiger partial charge in [-0.25, -0.2) is 0 Å². The quantitative estimate of drug-likeness (QED) is 0.829. The van der Waals surface area contributed by atoms with E-state index in [4.69, 9.17) is 4.74 Å². The number of halogens is 1. The van der Waals surface area contributed by atoms with Crippen molar-refractivity contribution >= 4 is 21.8 Å². The molecule has 1 aromatic rings. The second kappa shape index (κ2) is 6.61. The Bertz CT molecular complexity index is 487. The molecule has 1 unspecified atom stereocenters. The van der Waals surface area contributed by atoms with Crippen molar-refractivity contribution in [1.29, 1.82) is 0 Å². The molecule has 20 heavy (non-hydrogen) atoms. The second-order valence-electron chi connectivity index (χ2n) is 5.65. The van der Waals surface area contributed by atoms with Gasteiger partial charge in [-0.3, -0.25) is 4.79 Å². The molecule has 0 aromatic heterocycles. The highest BCUT2D eigenvalue weighted by molar-refractivity contribution is 9.10. The van der Waals surface area contributed by atoms with Crippen LogP contribution in [0.15, 0.2) is 22.7 Å². The maximum atomic E-state index is 12.8. The van der Waals surface area contributed by atoms with Gasteiger partial charge in [0.15, 0.2) is 0 Å². The van der Waals surface area contributed by atoms with Gasteiger partial charge in [0.05, 0.1) is 12.7 Å². The van der Waals surface area contributed by atoms with Crippen molar-refractivity contribution in [1.82, 2.24) is 4.90 Å². The normalized spacial score (nSPS) is 19.2. The van der Waals surface area contributed by atoms with E-state index in [9.17, 15) is 4.79 Å². The van der Waals surface area contributed by atoms with E-state index in [0.717, 1.165) is 29.6 Å². The molecule has 1 aliphatic heterocycles. The molecule has 2 rings (SSSR count). The van der Waals surface area contributed by atoms with Crippen LogP contribution in [0.2, 0.25) is 0 Å². The Morgan fingerprint density at radius 2 is 2.15 bits per heavy atom. The zero-order chi connectivity index (χ0) is 14.7. The molecule has 0 aliphatic carbocycles. The molecule has 1 aliphatic rings. The van der Waals surface area contributed by atoms with Gasteiger partial charge in [0.25, 0.3) is 5.91 Å². The van der Waals surface area contributed by atoms with Crippen molar-refractivity contribution in [3.8, 4) is 5.75 Å². The molecular formula is C16H22BrNO2. The number of likely N-dealkylation sites (tertiary alicyclic amines) is 1. The monoisotopic (exact) mass is 339 g/mol. The molecule has 0 bridgehead atoms. The zero-order valence-electron chi connectivity index (χ0n) is 12.4. The maximum Gasteiger partial charge on any atom is 0.255 e. The van der Waals surface area contributed by atoms with Crippen LogP contribution >= 0.6 is 15.9 Å². The Hall–Kier alpha value is -1.03. The number of carbonyl (C=O) groups is 1. The third-order valence-corrected chi connectivity index (χ3v) is 4.68. The molecule has 1 heterocycles. The van der Waals surface area contributed by atoms with Gasteiger partial charge < -0.3 is 9.64 Å². The fourth-order valence-corrected chi connectivity index (χ4v) is 3.27. The summed E-state index contributed by atoms with van der Waals surface area (Å²) in [5, 5.41) is 0. The summed E-state index contributed by atoms with van der Waals surface area (Å²) in [7, 11) is 1.62. The van der Waals surface area contributed by atoms with Crippen LogP contribution in [0, 0.1) is 5.92 Å². The van der Waals surface area contributed by atoms with E-state index in [1.54, 1.807) is 7.11 Å². The second-order valence-corrected chi connectivity index (χ2v) is 6.51. The van der Waals surface area contributed by atoms with Crippen LogP contribution in [0.5, 0.6) is 5.75 Å². The first-order chi connectivity index (χ1) is 9.54. The highest BCUT2D eigenvalue weighted by atomic mass is 79.9. The van der Waals surface area contributed by atoms with E-state index in [2.05, 4.69) is 29.8 Å². The lowest BCUT2D eigenvalue weighted by molar-refractivity contribution is 0.0542. The number of methoxy groups -OCH3 is 1. The van der Waals surface area contributed by atoms with Crippen LogP contribution in [0.4, 0.5) is 0 Å². The lowest BCUT2D eigenvalue weighted by Crippen LogP contribution is -2.46. The predicted octanol–water partition coefficient (Wildman–Crippen LogP) is 4.11. The van der Waals surface area contributed by atoms with Crippen LogP contribution in [-0.4, -0.2) is 30.5 Å². The predicted molar refractivity (Wildman–Crippen MR) is 84.2 cm³/mol. The molecule has 4 heteroatoms. The highest BCUT2D eigenvalue weighted by Gasteiger charge is 2.30. The summed E-state index contributed by atoms with van der Waals surface area (Å²) in [5.74, 6) is 1.31. The third kappa shape index (κ3) is 3.17. The molecule has 1 aromatic carbocycles. The van der Waals surface area contributed by atoms with Gasteiger partial charge in [-0.1, -0.05) is 13.8 Å². The van der Waals surface area contributed by atoms with Gasteiger partial charge in [0, 0.05) is 17.1 Å². The Kier molecular flexibility index (Phi) is 5.08. The third-order valence-electron chi connectivity index (χ3n) is 3.98. The lowest BCUT2D eigenvalue weighted by Gasteiger charge is -2.38. The highest BCUT2D eigenvalue weighted by Crippen LogP contribution is 2.29. The van der Waals surface area contributed by atoms with E-state index >= 15 is 0 Å². The van der Waals surface area contributed by atoms with Crippen molar-refractivity contribution in [3.05, 3.63) is 28.2 Å². The van der Waals surface area contributed by atoms with E-state index in [-0.39, 0.29) is 5.91 Å². The van der Waals surface area contributed by atoms with E-state index in [1.165, 1.54) is 6.42 Å². The summed E-state index contributed by atoms with van der Waals surface area (Å²) in [6, 6.07) is 5.89. The number of ether oxygens (including phenoxy) is 1. The van der Waals surface area contributed by atoms with Gasteiger partial charge >= 0.3 is 0 Å². The smallest absolute Gasteiger partial charge is 0.255 e. The molecule has 1 saturated heterocycles. The van der Waals surface area contributed by atoms with Crippen LogP contribution in [-0.2, 0) is 0 Å². The Labute approximate surface area is 129 Å². The zero-order valence-corrected chi connectivity index (χ0v) is 13.9. The van der Waals surface area contributed by atoms with Crippen LogP contribution in [0.3, 0.4) is 0 Å². The maximum absolute atomic E-state index is 12.8. The van der Waals surface area contributed by atoms with Gasteiger partial charge in [0.1, 0.15) is 5.75 Å². The fourth-order valence-electron chi connectivity index (χ4n) is 2.85. The van der Waals surface area contributed by atoms with E-state index < -0.39 is 0 Å². The first-order valence-corrected chi connectivity index (χ1v) is 7.98. The average Bonchev–Trinajstić information content (AvgIpc) is 2.47. The first kappa shape index (κ1) is 15.4. The molecule has 0 N–H and O–H groups in total. The average molecular weight is 340 g/mol. The standard InChI is InChI=1S/C16H22BrNO2/c1-11(2)15-6-4-5-9-18(15)16(19)13-10-12(20-3)7-8-14(13)17/h7-8,10-11,15H,4-6,9H2,1-3H3.